The molecule has 2 aromatic rings. The van der Waals surface area contributed by atoms with Gasteiger partial charge in [-0.1, -0.05) is 18.2 Å². The Hall–Kier alpha value is -3.44. The van der Waals surface area contributed by atoms with Crippen LogP contribution in [0.5, 0.6) is 0 Å². The van der Waals surface area contributed by atoms with E-state index in [1.807, 2.05) is 4.72 Å². The first-order valence-corrected chi connectivity index (χ1v) is 9.04. The molecule has 0 aliphatic carbocycles. The highest BCUT2D eigenvalue weighted by molar-refractivity contribution is 7.89. The summed E-state index contributed by atoms with van der Waals surface area (Å²) in [4.78, 5) is 31.8. The second kappa shape index (κ2) is 10.0. The van der Waals surface area contributed by atoms with E-state index >= 15 is 0 Å². The molecule has 11 heteroatoms. The molecule has 5 N–H and O–H groups in total. The van der Waals surface area contributed by atoms with E-state index in [0.717, 1.165) is 0 Å². The van der Waals surface area contributed by atoms with Crippen molar-refractivity contribution in [2.24, 2.45) is 0 Å². The lowest BCUT2D eigenvalue weighted by molar-refractivity contribution is -0.135. The first kappa shape index (κ1) is 22.6. The maximum atomic E-state index is 11.4. The molecule has 0 bridgehead atoms. The predicted molar refractivity (Wildman–Crippen MR) is 98.4 cm³/mol. The molecule has 150 valence electrons. The number of nitrogens with one attached hydrogen (secondary N) is 1. The number of carbonyl (C=O) groups is 3. The van der Waals surface area contributed by atoms with Crippen LogP contribution in [0.4, 0.5) is 5.69 Å². The summed E-state index contributed by atoms with van der Waals surface area (Å²) in [5, 5.41) is 16.9. The smallest absolute Gasteiger partial charge is 0.339 e. The second-order valence-corrected chi connectivity index (χ2v) is 6.90. The molecule has 0 atom stereocenters. The molecule has 0 aliphatic rings. The zero-order valence-corrected chi connectivity index (χ0v) is 15.5. The summed E-state index contributed by atoms with van der Waals surface area (Å²) in [7, 11) is -2.46. The van der Waals surface area contributed by atoms with Crippen LogP contribution in [0.2, 0.25) is 0 Å². The number of aromatic carboxylic acids is 1. The fourth-order valence-electron chi connectivity index (χ4n) is 1.83. The Balaban J connectivity index is 0.000000280. The molecule has 2 aromatic carbocycles. The number of carboxylic acids is 2. The van der Waals surface area contributed by atoms with Gasteiger partial charge in [0.1, 0.15) is 6.54 Å². The Morgan fingerprint density at radius 1 is 1.07 bits per heavy atom. The van der Waals surface area contributed by atoms with Crippen LogP contribution in [0.15, 0.2) is 53.4 Å². The number of carbonyl (C=O) groups excluding carboxylic acids is 1. The number of methoxy groups -OCH3 is 1. The molecule has 0 radical (unpaired) electrons. The molecule has 2 rings (SSSR count). The largest absolute Gasteiger partial charge is 0.480 e. The van der Waals surface area contributed by atoms with E-state index in [1.54, 1.807) is 18.2 Å². The molecular weight excluding hydrogens is 392 g/mol. The van der Waals surface area contributed by atoms with Crippen LogP contribution in [-0.4, -0.2) is 50.2 Å². The normalized spacial score (nSPS) is 10.3. The minimum atomic E-state index is -3.69. The monoisotopic (exact) mass is 410 g/mol. The molecule has 28 heavy (non-hydrogen) atoms. The molecular formula is C17H18N2O8S. The zero-order valence-electron chi connectivity index (χ0n) is 14.7. The van der Waals surface area contributed by atoms with Crippen LogP contribution in [0.1, 0.15) is 20.7 Å². The van der Waals surface area contributed by atoms with Crippen LogP contribution < -0.4 is 10.5 Å². The minimum absolute atomic E-state index is 0.0372. The van der Waals surface area contributed by atoms with E-state index in [9.17, 15) is 22.8 Å². The number of hydrogen-bond acceptors (Lipinski definition) is 7. The zero-order chi connectivity index (χ0) is 21.3. The molecule has 0 aromatic heterocycles. The van der Waals surface area contributed by atoms with E-state index in [1.165, 1.54) is 37.4 Å². The number of sulfonamides is 1. The highest BCUT2D eigenvalue weighted by atomic mass is 32.2. The molecule has 0 heterocycles. The summed E-state index contributed by atoms with van der Waals surface area (Å²) < 4.78 is 29.1. The summed E-state index contributed by atoms with van der Waals surface area (Å²) in [5.74, 6) is -2.89. The molecule has 0 aliphatic heterocycles. The Morgan fingerprint density at radius 3 is 2.14 bits per heavy atom. The maximum Gasteiger partial charge on any atom is 0.339 e. The average molecular weight is 410 g/mol. The number of esters is 1. The first-order valence-electron chi connectivity index (χ1n) is 7.56. The second-order valence-electron chi connectivity index (χ2n) is 5.13. The number of nitrogen functional groups attached to an aromatic ring is 1. The third kappa shape index (κ3) is 6.70. The van der Waals surface area contributed by atoms with E-state index in [2.05, 4.69) is 4.74 Å². The van der Waals surface area contributed by atoms with Gasteiger partial charge in [-0.3, -0.25) is 4.79 Å². The van der Waals surface area contributed by atoms with Crippen LogP contribution in [0.3, 0.4) is 0 Å². The third-order valence-corrected chi connectivity index (χ3v) is 4.59. The SMILES string of the molecule is COC(=O)c1ccc(C(=O)O)cc1N.O=C(O)CNS(=O)(=O)c1ccccc1. The van der Waals surface area contributed by atoms with Gasteiger partial charge >= 0.3 is 17.9 Å². The van der Waals surface area contributed by atoms with Gasteiger partial charge in [0.15, 0.2) is 0 Å². The van der Waals surface area contributed by atoms with Crippen LogP contribution in [0, 0.1) is 0 Å². The van der Waals surface area contributed by atoms with Gasteiger partial charge in [0.05, 0.1) is 23.1 Å². The number of nitrogens with two attached hydrogens (primary N) is 1. The van der Waals surface area contributed by atoms with Crippen molar-refractivity contribution in [3.63, 3.8) is 0 Å². The summed E-state index contributed by atoms with van der Waals surface area (Å²) in [6.07, 6.45) is 0. The van der Waals surface area contributed by atoms with Crippen molar-refractivity contribution in [1.82, 2.24) is 4.72 Å². The van der Waals surface area contributed by atoms with Gasteiger partial charge in [0.2, 0.25) is 10.0 Å². The van der Waals surface area contributed by atoms with Crippen molar-refractivity contribution in [2.75, 3.05) is 19.4 Å². The Kier molecular flexibility index (Phi) is 8.10. The maximum absolute atomic E-state index is 11.4. The van der Waals surface area contributed by atoms with Crippen molar-refractivity contribution in [1.29, 1.82) is 0 Å². The van der Waals surface area contributed by atoms with Crippen molar-refractivity contribution in [3.05, 3.63) is 59.7 Å². The van der Waals surface area contributed by atoms with E-state index in [-0.39, 0.29) is 21.7 Å². The molecule has 0 amide bonds. The lowest BCUT2D eigenvalue weighted by Crippen LogP contribution is -2.29. The molecule has 10 nitrogen and oxygen atoms in total. The molecule has 0 saturated heterocycles. The average Bonchev–Trinajstić information content (AvgIpc) is 2.67. The summed E-state index contributed by atoms with van der Waals surface area (Å²) in [5.41, 5.74) is 5.77. The number of benzene rings is 2. The summed E-state index contributed by atoms with van der Waals surface area (Å²) in [6.45, 7) is -0.614. The number of rotatable bonds is 6. The Bertz CT molecular complexity index is 958. The molecule has 0 saturated carbocycles. The van der Waals surface area contributed by atoms with Crippen molar-refractivity contribution < 1.29 is 37.8 Å². The van der Waals surface area contributed by atoms with Gasteiger partial charge in [-0.2, -0.15) is 4.72 Å². The van der Waals surface area contributed by atoms with Gasteiger partial charge < -0.3 is 20.7 Å². The lowest BCUT2D eigenvalue weighted by Gasteiger charge is -2.03. The van der Waals surface area contributed by atoms with Gasteiger partial charge in [0, 0.05) is 5.69 Å². The van der Waals surface area contributed by atoms with E-state index in [4.69, 9.17) is 15.9 Å². The predicted octanol–water partition coefficient (Wildman–Crippen LogP) is 0.803. The Morgan fingerprint density at radius 2 is 1.68 bits per heavy atom. The number of carboxylic acid groups (broad SMARTS) is 2. The molecule has 0 spiro atoms. The van der Waals surface area contributed by atoms with Gasteiger partial charge in [-0.05, 0) is 30.3 Å². The fourth-order valence-corrected chi connectivity index (χ4v) is 2.83. The third-order valence-electron chi connectivity index (χ3n) is 3.17. The summed E-state index contributed by atoms with van der Waals surface area (Å²) in [6, 6.07) is 11.4. The van der Waals surface area contributed by atoms with Crippen molar-refractivity contribution in [3.8, 4) is 0 Å². The summed E-state index contributed by atoms with van der Waals surface area (Å²) >= 11 is 0. The van der Waals surface area contributed by atoms with Crippen LogP contribution in [0.25, 0.3) is 0 Å². The Labute approximate surface area is 160 Å². The van der Waals surface area contributed by atoms with E-state index in [0.29, 0.717) is 0 Å². The van der Waals surface area contributed by atoms with E-state index < -0.39 is 34.5 Å². The quantitative estimate of drug-likeness (QED) is 0.397. The lowest BCUT2D eigenvalue weighted by atomic mass is 10.1. The highest BCUT2D eigenvalue weighted by Gasteiger charge is 2.14. The van der Waals surface area contributed by atoms with Crippen molar-refractivity contribution >= 4 is 33.6 Å². The molecule has 0 unspecified atom stereocenters. The first-order chi connectivity index (χ1) is 13.1. The van der Waals surface area contributed by atoms with Crippen LogP contribution in [-0.2, 0) is 19.6 Å². The standard InChI is InChI=1S/C9H9NO4.C8H9NO4S/c1-14-9(13)6-3-2-5(8(11)12)4-7(6)10;10-8(11)6-9-14(12,13)7-4-2-1-3-5-7/h2-4H,10H2,1H3,(H,11,12);1-5,9H,6H2,(H,10,11). The number of hydrogen-bond donors (Lipinski definition) is 4. The number of aliphatic carboxylic acids is 1. The van der Waals surface area contributed by atoms with Gasteiger partial charge in [-0.25, -0.2) is 18.0 Å². The molecule has 0 fully saturated rings. The van der Waals surface area contributed by atoms with Crippen molar-refractivity contribution in [2.45, 2.75) is 4.90 Å². The highest BCUT2D eigenvalue weighted by Crippen LogP contribution is 2.15. The fraction of sp³-hybridized carbons (Fsp3) is 0.118. The van der Waals surface area contributed by atoms with Gasteiger partial charge in [0.25, 0.3) is 0 Å². The minimum Gasteiger partial charge on any atom is -0.480 e. The van der Waals surface area contributed by atoms with Crippen LogP contribution >= 0.6 is 0 Å². The number of anilines is 1. The van der Waals surface area contributed by atoms with Gasteiger partial charge in [-0.15, -0.1) is 0 Å². The number of ether oxygens (including phenoxy) is 1. The topological polar surface area (TPSA) is 173 Å².